The van der Waals surface area contributed by atoms with Crippen LogP contribution in [0.1, 0.15) is 271 Å². The summed E-state index contributed by atoms with van der Waals surface area (Å²) in [6.07, 6.45) is 47.8. The Balaban J connectivity index is 4.02. The minimum absolute atomic E-state index is 0.174. The highest BCUT2D eigenvalue weighted by atomic mass is 16.7. The maximum absolute atomic E-state index is 12.8. The van der Waals surface area contributed by atoms with Crippen molar-refractivity contribution in [2.45, 2.75) is 283 Å². The molecule has 0 fully saturated rings. The lowest BCUT2D eigenvalue weighted by molar-refractivity contribution is -0.870. The molecular formula is C54H106NO8+. The molecule has 9 heteroatoms. The van der Waals surface area contributed by atoms with Crippen LogP contribution in [-0.4, -0.2) is 87.4 Å². The number of aliphatic carboxylic acids is 1. The number of likely N-dealkylation sites (N-methyl/N-ethyl adjacent to an activating group) is 1. The molecule has 374 valence electrons. The molecule has 0 rings (SSSR count). The van der Waals surface area contributed by atoms with Crippen LogP contribution in [-0.2, 0) is 33.3 Å². The standard InChI is InChI=1S/C54H105NO8/c1-6-8-10-12-14-16-17-18-19-20-21-22-23-24-25-26-27-28-29-30-31-32-33-34-35-37-39-41-43-45-52(57)63-50(49-62-54(53(58)59)60-47-46-55(3,4)5)48-61-51(56)44-42-40-38-36-15-13-11-9-7-2/h50,54H,6-49H2,1-5H3/p+1. The minimum Gasteiger partial charge on any atom is -0.477 e. The average Bonchev–Trinajstić information content (AvgIpc) is 3.24. The van der Waals surface area contributed by atoms with E-state index in [9.17, 15) is 19.5 Å². The summed E-state index contributed by atoms with van der Waals surface area (Å²) >= 11 is 0. The van der Waals surface area contributed by atoms with Crippen LogP contribution in [0.25, 0.3) is 0 Å². The van der Waals surface area contributed by atoms with Crippen molar-refractivity contribution in [3.05, 3.63) is 0 Å². The van der Waals surface area contributed by atoms with Crippen molar-refractivity contribution in [2.24, 2.45) is 0 Å². The minimum atomic E-state index is -1.50. The lowest BCUT2D eigenvalue weighted by Gasteiger charge is -2.25. The Morgan fingerprint density at radius 3 is 1.02 bits per heavy atom. The lowest BCUT2D eigenvalue weighted by Crippen LogP contribution is -2.40. The molecule has 0 saturated heterocycles. The highest BCUT2D eigenvalue weighted by molar-refractivity contribution is 5.71. The van der Waals surface area contributed by atoms with E-state index in [1.165, 1.54) is 205 Å². The molecule has 0 bridgehead atoms. The first-order valence-electron chi connectivity index (χ1n) is 27.2. The van der Waals surface area contributed by atoms with Gasteiger partial charge in [-0.25, -0.2) is 4.79 Å². The number of hydrogen-bond acceptors (Lipinski definition) is 7. The highest BCUT2D eigenvalue weighted by Gasteiger charge is 2.25. The van der Waals surface area contributed by atoms with Gasteiger partial charge in [-0.15, -0.1) is 0 Å². The molecule has 0 aliphatic heterocycles. The molecule has 0 radical (unpaired) electrons. The number of nitrogens with zero attached hydrogens (tertiary/aromatic N) is 1. The Kier molecular flexibility index (Phi) is 45.5. The zero-order chi connectivity index (χ0) is 46.3. The summed E-state index contributed by atoms with van der Waals surface area (Å²) in [7, 11) is 5.97. The molecule has 0 spiro atoms. The van der Waals surface area contributed by atoms with Gasteiger partial charge in [0.05, 0.1) is 34.4 Å². The van der Waals surface area contributed by atoms with Crippen LogP contribution in [0.3, 0.4) is 0 Å². The summed E-state index contributed by atoms with van der Waals surface area (Å²) in [4.78, 5) is 37.1. The summed E-state index contributed by atoms with van der Waals surface area (Å²) in [6, 6.07) is 0. The van der Waals surface area contributed by atoms with Crippen LogP contribution in [0.15, 0.2) is 0 Å². The van der Waals surface area contributed by atoms with E-state index in [1.54, 1.807) is 0 Å². The Bertz CT molecular complexity index is 1000. The number of carboxylic acids is 1. The predicted molar refractivity (Wildman–Crippen MR) is 263 cm³/mol. The number of carboxylic acid groups (broad SMARTS) is 1. The number of unbranched alkanes of at least 4 members (excludes halogenated alkanes) is 36. The van der Waals surface area contributed by atoms with E-state index in [2.05, 4.69) is 13.8 Å². The van der Waals surface area contributed by atoms with Crippen LogP contribution in [0.2, 0.25) is 0 Å². The van der Waals surface area contributed by atoms with Crippen LogP contribution >= 0.6 is 0 Å². The fraction of sp³-hybridized carbons (Fsp3) is 0.944. The van der Waals surface area contributed by atoms with Crippen LogP contribution in [0, 0.1) is 0 Å². The van der Waals surface area contributed by atoms with E-state index in [4.69, 9.17) is 18.9 Å². The number of esters is 2. The zero-order valence-corrected chi connectivity index (χ0v) is 42.5. The summed E-state index contributed by atoms with van der Waals surface area (Å²) in [6.45, 7) is 4.90. The van der Waals surface area contributed by atoms with Crippen LogP contribution in [0.5, 0.6) is 0 Å². The van der Waals surface area contributed by atoms with Crippen molar-refractivity contribution in [1.82, 2.24) is 0 Å². The molecule has 0 saturated carbocycles. The van der Waals surface area contributed by atoms with E-state index >= 15 is 0 Å². The maximum Gasteiger partial charge on any atom is 0.361 e. The summed E-state index contributed by atoms with van der Waals surface area (Å²) in [5, 5.41) is 9.65. The van der Waals surface area contributed by atoms with Gasteiger partial charge in [-0.3, -0.25) is 9.59 Å². The molecule has 9 nitrogen and oxygen atoms in total. The van der Waals surface area contributed by atoms with Crippen molar-refractivity contribution in [2.75, 3.05) is 47.5 Å². The van der Waals surface area contributed by atoms with Gasteiger partial charge in [0.1, 0.15) is 13.2 Å². The van der Waals surface area contributed by atoms with Gasteiger partial charge in [0, 0.05) is 12.8 Å². The fourth-order valence-electron chi connectivity index (χ4n) is 8.13. The fourth-order valence-corrected chi connectivity index (χ4v) is 8.13. The first-order chi connectivity index (χ1) is 30.6. The normalized spacial score (nSPS) is 12.7. The number of ether oxygens (including phenoxy) is 4. The molecule has 0 aliphatic carbocycles. The SMILES string of the molecule is CCCCCCCCCCCCCCCCCCCCCCCCCCCCCCCC(=O)OC(COC(=O)CCCCCCCCCCC)COC(OCC[N+](C)(C)C)C(=O)O. The third kappa shape index (κ3) is 48.1. The Morgan fingerprint density at radius 2 is 0.714 bits per heavy atom. The molecule has 0 aromatic rings. The highest BCUT2D eigenvalue weighted by Crippen LogP contribution is 2.18. The van der Waals surface area contributed by atoms with Crippen molar-refractivity contribution in [3.8, 4) is 0 Å². The van der Waals surface area contributed by atoms with E-state index in [0.717, 1.165) is 38.5 Å². The van der Waals surface area contributed by atoms with Crippen LogP contribution < -0.4 is 0 Å². The largest absolute Gasteiger partial charge is 0.477 e. The van der Waals surface area contributed by atoms with E-state index < -0.39 is 18.4 Å². The predicted octanol–water partition coefficient (Wildman–Crippen LogP) is 15.2. The monoisotopic (exact) mass is 897 g/mol. The number of carbonyl (C=O) groups excluding carboxylic acids is 2. The topological polar surface area (TPSA) is 108 Å². The molecule has 0 heterocycles. The van der Waals surface area contributed by atoms with Crippen molar-refractivity contribution in [3.63, 3.8) is 0 Å². The van der Waals surface area contributed by atoms with Crippen molar-refractivity contribution < 1.29 is 42.9 Å². The number of rotatable bonds is 51. The molecule has 63 heavy (non-hydrogen) atoms. The maximum atomic E-state index is 12.8. The summed E-state index contributed by atoms with van der Waals surface area (Å²) < 4.78 is 22.8. The van der Waals surface area contributed by atoms with E-state index in [1.807, 2.05) is 21.1 Å². The smallest absolute Gasteiger partial charge is 0.361 e. The van der Waals surface area contributed by atoms with Gasteiger partial charge in [-0.1, -0.05) is 245 Å². The first kappa shape index (κ1) is 61.3. The van der Waals surface area contributed by atoms with Crippen molar-refractivity contribution >= 4 is 17.9 Å². The second-order valence-electron chi connectivity index (χ2n) is 19.9. The second kappa shape index (κ2) is 46.8. The summed E-state index contributed by atoms with van der Waals surface area (Å²) in [5.74, 6) is -1.99. The van der Waals surface area contributed by atoms with Gasteiger partial charge in [-0.2, -0.15) is 0 Å². The Hall–Kier alpha value is -1.71. The van der Waals surface area contributed by atoms with Gasteiger partial charge in [0.15, 0.2) is 6.10 Å². The van der Waals surface area contributed by atoms with E-state index in [0.29, 0.717) is 17.4 Å². The molecule has 0 amide bonds. The van der Waals surface area contributed by atoms with Gasteiger partial charge in [0.2, 0.25) is 0 Å². The van der Waals surface area contributed by atoms with Gasteiger partial charge < -0.3 is 28.5 Å². The third-order valence-electron chi connectivity index (χ3n) is 12.4. The molecule has 0 aromatic heterocycles. The average molecular weight is 897 g/mol. The number of quaternary nitrogens is 1. The number of carbonyl (C=O) groups is 3. The van der Waals surface area contributed by atoms with Crippen molar-refractivity contribution in [1.29, 1.82) is 0 Å². The van der Waals surface area contributed by atoms with Crippen LogP contribution in [0.4, 0.5) is 0 Å². The molecule has 1 N–H and O–H groups in total. The van der Waals surface area contributed by atoms with Gasteiger partial charge in [0.25, 0.3) is 6.29 Å². The molecular weight excluding hydrogens is 791 g/mol. The lowest BCUT2D eigenvalue weighted by atomic mass is 10.0. The Morgan fingerprint density at radius 1 is 0.413 bits per heavy atom. The first-order valence-corrected chi connectivity index (χ1v) is 27.2. The second-order valence-corrected chi connectivity index (χ2v) is 19.9. The summed E-state index contributed by atoms with van der Waals surface area (Å²) in [5.41, 5.74) is 0. The molecule has 0 aliphatic rings. The molecule has 2 unspecified atom stereocenters. The van der Waals surface area contributed by atoms with Gasteiger partial charge in [-0.05, 0) is 12.8 Å². The molecule has 2 atom stereocenters. The Labute approximate surface area is 390 Å². The quantitative estimate of drug-likeness (QED) is 0.0278. The molecule has 0 aromatic carbocycles. The number of hydrogen-bond donors (Lipinski definition) is 1. The van der Waals surface area contributed by atoms with Gasteiger partial charge >= 0.3 is 17.9 Å². The van der Waals surface area contributed by atoms with E-state index in [-0.39, 0.29) is 38.2 Å². The zero-order valence-electron chi connectivity index (χ0n) is 42.5. The third-order valence-corrected chi connectivity index (χ3v) is 12.4.